The van der Waals surface area contributed by atoms with E-state index in [0.29, 0.717) is 22.8 Å². The zero-order valence-electron chi connectivity index (χ0n) is 18.9. The molecule has 1 unspecified atom stereocenters. The molecular formula is C25H23ClN4O5. The standard InChI is InChI=1S/C25H23ClN4O5/c1-14-11-17(6-7-18(14)26)28-21(31)9-5-15-3-2-4-16(12-15)27-19-13-23(33)30(25(19)35)20-8-10-22(32)29-24(20)34/h2-4,6-7,11-13,20,27H,5,8-10H2,1H3,(H,28,31)(H,29,32,34). The third-order valence-corrected chi connectivity index (χ3v) is 6.19. The predicted octanol–water partition coefficient (Wildman–Crippen LogP) is 2.69. The van der Waals surface area contributed by atoms with Crippen molar-refractivity contribution < 1.29 is 24.0 Å². The van der Waals surface area contributed by atoms with Gasteiger partial charge in [-0.25, -0.2) is 0 Å². The van der Waals surface area contributed by atoms with Crippen LogP contribution in [0.5, 0.6) is 0 Å². The molecule has 35 heavy (non-hydrogen) atoms. The van der Waals surface area contributed by atoms with Crippen molar-refractivity contribution in [1.82, 2.24) is 10.2 Å². The van der Waals surface area contributed by atoms with E-state index in [1.165, 1.54) is 0 Å². The van der Waals surface area contributed by atoms with Crippen LogP contribution in [0.4, 0.5) is 11.4 Å². The number of nitrogens with zero attached hydrogens (tertiary/aromatic N) is 1. The van der Waals surface area contributed by atoms with Gasteiger partial charge in [-0.3, -0.25) is 34.2 Å². The van der Waals surface area contributed by atoms with E-state index in [1.807, 2.05) is 13.0 Å². The highest BCUT2D eigenvalue weighted by molar-refractivity contribution is 6.31. The van der Waals surface area contributed by atoms with Crippen molar-refractivity contribution in [3.8, 4) is 0 Å². The van der Waals surface area contributed by atoms with Gasteiger partial charge in [0.05, 0.1) is 0 Å². The number of hydrogen-bond donors (Lipinski definition) is 3. The smallest absolute Gasteiger partial charge is 0.278 e. The Morgan fingerprint density at radius 1 is 1.11 bits per heavy atom. The fraction of sp³-hybridized carbons (Fsp3) is 0.240. The SMILES string of the molecule is Cc1cc(NC(=O)CCc2cccc(NC3=CC(=O)N(C4CCC(=O)NC4=O)C3=O)c2)ccc1Cl. The summed E-state index contributed by atoms with van der Waals surface area (Å²) < 4.78 is 0. The molecule has 2 aromatic carbocycles. The Balaban J connectivity index is 1.35. The van der Waals surface area contributed by atoms with Crippen LogP contribution in [0.2, 0.25) is 5.02 Å². The first-order valence-electron chi connectivity index (χ1n) is 11.1. The molecule has 0 saturated carbocycles. The summed E-state index contributed by atoms with van der Waals surface area (Å²) in [6.07, 6.45) is 2.00. The number of rotatable bonds is 7. The second kappa shape index (κ2) is 10.1. The molecular weight excluding hydrogens is 472 g/mol. The molecule has 0 aliphatic carbocycles. The number of imide groups is 2. The summed E-state index contributed by atoms with van der Waals surface area (Å²) >= 11 is 6.02. The van der Waals surface area contributed by atoms with Crippen LogP contribution in [0.3, 0.4) is 0 Å². The van der Waals surface area contributed by atoms with Gasteiger partial charge >= 0.3 is 0 Å². The summed E-state index contributed by atoms with van der Waals surface area (Å²) in [4.78, 5) is 61.9. The summed E-state index contributed by atoms with van der Waals surface area (Å²) in [6, 6.07) is 11.4. The number of piperidine rings is 1. The maximum atomic E-state index is 12.8. The number of aryl methyl sites for hydroxylation is 2. The highest BCUT2D eigenvalue weighted by Gasteiger charge is 2.42. The first-order chi connectivity index (χ1) is 16.7. The van der Waals surface area contributed by atoms with Crippen molar-refractivity contribution in [2.45, 2.75) is 38.6 Å². The van der Waals surface area contributed by atoms with Crippen molar-refractivity contribution in [3.63, 3.8) is 0 Å². The number of carbonyl (C=O) groups excluding carboxylic acids is 5. The van der Waals surface area contributed by atoms with E-state index in [2.05, 4.69) is 16.0 Å². The topological polar surface area (TPSA) is 125 Å². The normalized spacial score (nSPS) is 17.8. The molecule has 0 spiro atoms. The van der Waals surface area contributed by atoms with E-state index in [-0.39, 0.29) is 30.9 Å². The van der Waals surface area contributed by atoms with E-state index in [1.54, 1.807) is 36.4 Å². The molecule has 3 N–H and O–H groups in total. The molecule has 180 valence electrons. The maximum Gasteiger partial charge on any atom is 0.278 e. The number of anilines is 2. The Bertz CT molecular complexity index is 1270. The van der Waals surface area contributed by atoms with Gasteiger partial charge in [0.15, 0.2) is 0 Å². The predicted molar refractivity (Wildman–Crippen MR) is 129 cm³/mol. The van der Waals surface area contributed by atoms with E-state index >= 15 is 0 Å². The molecule has 2 aromatic rings. The molecule has 5 amide bonds. The van der Waals surface area contributed by atoms with Gasteiger partial charge in [0.2, 0.25) is 17.7 Å². The number of carbonyl (C=O) groups is 5. The molecule has 2 heterocycles. The molecule has 0 radical (unpaired) electrons. The molecule has 0 bridgehead atoms. The van der Waals surface area contributed by atoms with Gasteiger partial charge in [0.1, 0.15) is 11.7 Å². The van der Waals surface area contributed by atoms with Crippen LogP contribution in [-0.4, -0.2) is 40.5 Å². The quantitative estimate of drug-likeness (QED) is 0.508. The van der Waals surface area contributed by atoms with Gasteiger partial charge in [0, 0.05) is 35.3 Å². The lowest BCUT2D eigenvalue weighted by Gasteiger charge is -2.28. The average Bonchev–Trinajstić information content (AvgIpc) is 3.08. The molecule has 2 aliphatic rings. The van der Waals surface area contributed by atoms with Crippen LogP contribution < -0.4 is 16.0 Å². The molecule has 1 fully saturated rings. The summed E-state index contributed by atoms with van der Waals surface area (Å²) in [5.74, 6) is -2.48. The second-order valence-electron chi connectivity index (χ2n) is 8.38. The van der Waals surface area contributed by atoms with Crippen molar-refractivity contribution in [3.05, 3.63) is 70.4 Å². The van der Waals surface area contributed by atoms with Crippen LogP contribution in [0.15, 0.2) is 54.2 Å². The van der Waals surface area contributed by atoms with Crippen molar-refractivity contribution in [2.75, 3.05) is 10.6 Å². The van der Waals surface area contributed by atoms with Crippen molar-refractivity contribution in [1.29, 1.82) is 0 Å². The monoisotopic (exact) mass is 494 g/mol. The minimum atomic E-state index is -1.02. The Morgan fingerprint density at radius 2 is 1.91 bits per heavy atom. The lowest BCUT2D eigenvalue weighted by Crippen LogP contribution is -2.54. The fourth-order valence-corrected chi connectivity index (χ4v) is 4.08. The maximum absolute atomic E-state index is 12.8. The summed E-state index contributed by atoms with van der Waals surface area (Å²) in [6.45, 7) is 1.86. The Morgan fingerprint density at radius 3 is 2.66 bits per heavy atom. The molecule has 4 rings (SSSR count). The Hall–Kier alpha value is -3.98. The Kier molecular flexibility index (Phi) is 6.97. The number of benzene rings is 2. The van der Waals surface area contributed by atoms with Crippen molar-refractivity contribution in [2.24, 2.45) is 0 Å². The van der Waals surface area contributed by atoms with Crippen LogP contribution in [0.25, 0.3) is 0 Å². The molecule has 2 aliphatic heterocycles. The molecule has 1 saturated heterocycles. The number of nitrogens with one attached hydrogen (secondary N) is 3. The zero-order valence-corrected chi connectivity index (χ0v) is 19.6. The Labute approximate surface area is 206 Å². The largest absolute Gasteiger partial charge is 0.351 e. The van der Waals surface area contributed by atoms with E-state index < -0.39 is 29.7 Å². The lowest BCUT2D eigenvalue weighted by atomic mass is 10.0. The minimum absolute atomic E-state index is 0.0349. The van der Waals surface area contributed by atoms with Gasteiger partial charge in [-0.15, -0.1) is 0 Å². The number of hydrogen-bond acceptors (Lipinski definition) is 6. The molecule has 10 heteroatoms. The first-order valence-corrected chi connectivity index (χ1v) is 11.4. The second-order valence-corrected chi connectivity index (χ2v) is 8.78. The number of amides is 5. The van der Waals surface area contributed by atoms with Crippen LogP contribution in [0, 0.1) is 6.92 Å². The lowest BCUT2D eigenvalue weighted by molar-refractivity contribution is -0.149. The molecule has 0 aromatic heterocycles. The van der Waals surface area contributed by atoms with Gasteiger partial charge in [0.25, 0.3) is 11.8 Å². The minimum Gasteiger partial charge on any atom is -0.351 e. The van der Waals surface area contributed by atoms with Crippen LogP contribution in [-0.2, 0) is 30.4 Å². The summed E-state index contributed by atoms with van der Waals surface area (Å²) in [5.41, 5.74) is 3.00. The molecule has 1 atom stereocenters. The summed E-state index contributed by atoms with van der Waals surface area (Å²) in [7, 11) is 0. The van der Waals surface area contributed by atoms with E-state index in [4.69, 9.17) is 11.6 Å². The van der Waals surface area contributed by atoms with Crippen LogP contribution in [0.1, 0.15) is 30.4 Å². The fourth-order valence-electron chi connectivity index (χ4n) is 3.96. The summed E-state index contributed by atoms with van der Waals surface area (Å²) in [5, 5.41) is 8.56. The first kappa shape index (κ1) is 24.2. The third-order valence-electron chi connectivity index (χ3n) is 5.76. The van der Waals surface area contributed by atoms with E-state index in [9.17, 15) is 24.0 Å². The highest BCUT2D eigenvalue weighted by atomic mass is 35.5. The number of halogens is 1. The van der Waals surface area contributed by atoms with Gasteiger partial charge < -0.3 is 10.6 Å². The van der Waals surface area contributed by atoms with E-state index in [0.717, 1.165) is 22.1 Å². The van der Waals surface area contributed by atoms with Gasteiger partial charge in [-0.2, -0.15) is 0 Å². The van der Waals surface area contributed by atoms with Crippen LogP contribution >= 0.6 is 11.6 Å². The third kappa shape index (κ3) is 5.58. The highest BCUT2D eigenvalue weighted by Crippen LogP contribution is 2.24. The van der Waals surface area contributed by atoms with Gasteiger partial charge in [-0.05, 0) is 61.2 Å². The zero-order chi connectivity index (χ0) is 25.1. The molecule has 9 nitrogen and oxygen atoms in total. The van der Waals surface area contributed by atoms with Crippen molar-refractivity contribution >= 4 is 52.5 Å². The average molecular weight is 495 g/mol. The van der Waals surface area contributed by atoms with Gasteiger partial charge in [-0.1, -0.05) is 23.7 Å².